The van der Waals surface area contributed by atoms with Gasteiger partial charge in [0.1, 0.15) is 0 Å². The number of aromatic nitrogens is 4. The molecule has 0 saturated carbocycles. The van der Waals surface area contributed by atoms with E-state index in [-0.39, 0.29) is 19.0 Å². The van der Waals surface area contributed by atoms with Crippen LogP contribution in [0, 0.1) is 0 Å². The van der Waals surface area contributed by atoms with Gasteiger partial charge in [-0.15, -0.1) is 0 Å². The van der Waals surface area contributed by atoms with E-state index < -0.39 is 11.1 Å². The van der Waals surface area contributed by atoms with Gasteiger partial charge in [-0.05, 0) is 24.6 Å². The molecule has 0 radical (unpaired) electrons. The zero-order chi connectivity index (χ0) is 19.1. The molecule has 0 saturated heterocycles. The van der Waals surface area contributed by atoms with E-state index in [9.17, 15) is 14.4 Å². The van der Waals surface area contributed by atoms with E-state index in [0.29, 0.717) is 36.4 Å². The minimum absolute atomic E-state index is 0.118. The van der Waals surface area contributed by atoms with Crippen LogP contribution in [0.25, 0.3) is 11.0 Å². The van der Waals surface area contributed by atoms with Gasteiger partial charge in [0.15, 0.2) is 0 Å². The summed E-state index contributed by atoms with van der Waals surface area (Å²) in [5.74, 6) is 0.409. The van der Waals surface area contributed by atoms with Crippen LogP contribution in [0.4, 0.5) is 5.95 Å². The number of H-pyrrole nitrogens is 1. The van der Waals surface area contributed by atoms with E-state index in [2.05, 4.69) is 25.6 Å². The van der Waals surface area contributed by atoms with Gasteiger partial charge in [-0.25, -0.2) is 9.97 Å². The van der Waals surface area contributed by atoms with Gasteiger partial charge in [0.25, 0.3) is 0 Å². The fraction of sp³-hybridized carbons (Fsp3) is 0.278. The summed E-state index contributed by atoms with van der Waals surface area (Å²) in [6.45, 7) is 1.07. The summed E-state index contributed by atoms with van der Waals surface area (Å²) in [5.41, 5.74) is -0.0877. The first kappa shape index (κ1) is 18.3. The van der Waals surface area contributed by atoms with Crippen LogP contribution in [-0.2, 0) is 11.3 Å². The molecule has 0 fully saturated rings. The lowest BCUT2D eigenvalue weighted by Gasteiger charge is -2.10. The molecular formula is C18H20N6O3. The van der Waals surface area contributed by atoms with Crippen LogP contribution in [-0.4, -0.2) is 38.5 Å². The number of benzene rings is 1. The minimum Gasteiger partial charge on any atom is -0.354 e. The molecule has 1 aromatic carbocycles. The van der Waals surface area contributed by atoms with Crippen LogP contribution < -0.4 is 21.8 Å². The van der Waals surface area contributed by atoms with Crippen LogP contribution >= 0.6 is 0 Å². The third-order valence-electron chi connectivity index (χ3n) is 3.97. The number of rotatable bonds is 8. The van der Waals surface area contributed by atoms with Gasteiger partial charge < -0.3 is 20.2 Å². The Hall–Kier alpha value is -3.49. The molecule has 3 rings (SSSR count). The fourth-order valence-corrected chi connectivity index (χ4v) is 2.68. The molecule has 0 unspecified atom stereocenters. The highest BCUT2D eigenvalue weighted by Crippen LogP contribution is 2.06. The van der Waals surface area contributed by atoms with Crippen molar-refractivity contribution in [3.05, 3.63) is 63.4 Å². The second-order valence-electron chi connectivity index (χ2n) is 5.88. The van der Waals surface area contributed by atoms with Crippen molar-refractivity contribution in [2.75, 3.05) is 18.4 Å². The zero-order valence-corrected chi connectivity index (χ0v) is 14.6. The summed E-state index contributed by atoms with van der Waals surface area (Å²) in [5, 5.41) is 5.80. The first-order valence-electron chi connectivity index (χ1n) is 8.64. The molecule has 0 aliphatic carbocycles. The van der Waals surface area contributed by atoms with E-state index in [0.717, 1.165) is 0 Å². The second-order valence-corrected chi connectivity index (χ2v) is 5.88. The smallest absolute Gasteiger partial charge is 0.316 e. The Kier molecular flexibility index (Phi) is 5.93. The van der Waals surface area contributed by atoms with Gasteiger partial charge in [-0.1, -0.05) is 12.1 Å². The highest BCUT2D eigenvalue weighted by molar-refractivity contribution is 5.76. The second kappa shape index (κ2) is 8.75. The normalized spacial score (nSPS) is 10.7. The van der Waals surface area contributed by atoms with E-state index in [1.54, 1.807) is 42.7 Å². The average molecular weight is 368 g/mol. The predicted octanol–water partition coefficient (Wildman–Crippen LogP) is 0.488. The molecule has 0 spiro atoms. The van der Waals surface area contributed by atoms with Crippen molar-refractivity contribution < 1.29 is 4.79 Å². The Morgan fingerprint density at radius 2 is 1.85 bits per heavy atom. The molecule has 1 amide bonds. The van der Waals surface area contributed by atoms with E-state index >= 15 is 0 Å². The van der Waals surface area contributed by atoms with Crippen molar-refractivity contribution in [2.45, 2.75) is 19.4 Å². The first-order valence-corrected chi connectivity index (χ1v) is 8.64. The summed E-state index contributed by atoms with van der Waals surface area (Å²) in [4.78, 5) is 46.4. The van der Waals surface area contributed by atoms with E-state index in [4.69, 9.17) is 0 Å². The predicted molar refractivity (Wildman–Crippen MR) is 102 cm³/mol. The Balaban J connectivity index is 1.48. The van der Waals surface area contributed by atoms with Gasteiger partial charge in [-0.2, -0.15) is 0 Å². The number of hydrogen-bond donors (Lipinski definition) is 3. The molecule has 140 valence electrons. The number of anilines is 1. The summed E-state index contributed by atoms with van der Waals surface area (Å²) in [7, 11) is 0. The van der Waals surface area contributed by atoms with Crippen LogP contribution in [0.2, 0.25) is 0 Å². The standard InChI is InChI=1S/C18H20N6O3/c25-15(7-3-8-20-18-21-9-4-10-22-18)19-11-12-24-14-6-2-1-5-13(14)23-16(26)17(24)27/h1-2,4-6,9-10H,3,7-8,11-12H2,(H,19,25)(H,23,26)(H,20,21,22). The Morgan fingerprint density at radius 1 is 1.07 bits per heavy atom. The Labute approximate surface area is 154 Å². The molecule has 0 aliphatic rings. The van der Waals surface area contributed by atoms with Crippen LogP contribution in [0.15, 0.2) is 52.3 Å². The minimum atomic E-state index is -0.672. The SMILES string of the molecule is O=C(CCCNc1ncccn1)NCCn1c(=O)c(=O)[nH]c2ccccc21. The quantitative estimate of drug-likeness (QED) is 0.393. The van der Waals surface area contributed by atoms with Gasteiger partial charge in [0.2, 0.25) is 11.9 Å². The number of carbonyl (C=O) groups excluding carboxylic acids is 1. The molecule has 3 N–H and O–H groups in total. The summed E-state index contributed by atoms with van der Waals surface area (Å²) >= 11 is 0. The third kappa shape index (κ3) is 4.78. The van der Waals surface area contributed by atoms with E-state index in [1.165, 1.54) is 4.57 Å². The first-order chi connectivity index (χ1) is 13.1. The van der Waals surface area contributed by atoms with Crippen molar-refractivity contribution in [3.8, 4) is 0 Å². The molecule has 2 heterocycles. The number of nitrogens with one attached hydrogen (secondary N) is 3. The van der Waals surface area contributed by atoms with Gasteiger partial charge in [0, 0.05) is 38.4 Å². The molecule has 27 heavy (non-hydrogen) atoms. The van der Waals surface area contributed by atoms with Gasteiger partial charge in [0.05, 0.1) is 11.0 Å². The fourth-order valence-electron chi connectivity index (χ4n) is 2.68. The topological polar surface area (TPSA) is 122 Å². The third-order valence-corrected chi connectivity index (χ3v) is 3.97. The molecule has 0 atom stereocenters. The number of para-hydroxylation sites is 2. The number of carbonyl (C=O) groups is 1. The van der Waals surface area contributed by atoms with Crippen LogP contribution in [0.1, 0.15) is 12.8 Å². The highest BCUT2D eigenvalue weighted by atomic mass is 16.2. The molecular weight excluding hydrogens is 348 g/mol. The molecule has 0 bridgehead atoms. The van der Waals surface area contributed by atoms with Crippen molar-refractivity contribution in [3.63, 3.8) is 0 Å². The lowest BCUT2D eigenvalue weighted by molar-refractivity contribution is -0.121. The number of aromatic amines is 1. The maximum absolute atomic E-state index is 12.1. The van der Waals surface area contributed by atoms with Crippen molar-refractivity contribution in [2.24, 2.45) is 0 Å². The molecule has 2 aromatic heterocycles. The number of amides is 1. The lowest BCUT2D eigenvalue weighted by atomic mass is 10.3. The van der Waals surface area contributed by atoms with Crippen molar-refractivity contribution in [1.82, 2.24) is 24.8 Å². The van der Waals surface area contributed by atoms with Gasteiger partial charge >= 0.3 is 11.1 Å². The van der Waals surface area contributed by atoms with Crippen LogP contribution in [0.3, 0.4) is 0 Å². The summed E-state index contributed by atoms with van der Waals surface area (Å²) < 4.78 is 1.38. The lowest BCUT2D eigenvalue weighted by Crippen LogP contribution is -2.39. The molecule has 9 heteroatoms. The maximum atomic E-state index is 12.1. The van der Waals surface area contributed by atoms with Crippen LogP contribution in [0.5, 0.6) is 0 Å². The average Bonchev–Trinajstić information content (AvgIpc) is 2.69. The summed E-state index contributed by atoms with van der Waals surface area (Å²) in [6.07, 6.45) is 4.24. The van der Waals surface area contributed by atoms with Crippen molar-refractivity contribution in [1.29, 1.82) is 0 Å². The highest BCUT2D eigenvalue weighted by Gasteiger charge is 2.07. The Morgan fingerprint density at radius 3 is 2.67 bits per heavy atom. The summed E-state index contributed by atoms with van der Waals surface area (Å²) in [6, 6.07) is 8.79. The number of nitrogens with zero attached hydrogens (tertiary/aromatic N) is 3. The zero-order valence-electron chi connectivity index (χ0n) is 14.6. The molecule has 9 nitrogen and oxygen atoms in total. The van der Waals surface area contributed by atoms with Crippen molar-refractivity contribution >= 4 is 22.9 Å². The maximum Gasteiger partial charge on any atom is 0.316 e. The molecule has 0 aliphatic heterocycles. The molecule has 3 aromatic rings. The Bertz CT molecular complexity index is 1030. The van der Waals surface area contributed by atoms with Gasteiger partial charge in [-0.3, -0.25) is 14.4 Å². The van der Waals surface area contributed by atoms with E-state index in [1.807, 2.05) is 0 Å². The number of hydrogen-bond acceptors (Lipinski definition) is 6. The number of fused-ring (bicyclic) bond motifs is 1. The largest absolute Gasteiger partial charge is 0.354 e. The monoisotopic (exact) mass is 368 g/mol.